The van der Waals surface area contributed by atoms with Gasteiger partial charge in [-0.2, -0.15) is 0 Å². The Morgan fingerprint density at radius 1 is 1.15 bits per heavy atom. The monoisotopic (exact) mass is 306 g/mol. The summed E-state index contributed by atoms with van der Waals surface area (Å²) in [7, 11) is 0. The van der Waals surface area contributed by atoms with Crippen molar-refractivity contribution in [2.45, 2.75) is 19.7 Å². The molecule has 13 heavy (non-hydrogen) atoms. The van der Waals surface area contributed by atoms with Crippen LogP contribution < -0.4 is 0 Å². The summed E-state index contributed by atoms with van der Waals surface area (Å²) in [5, 5.41) is 0. The fourth-order valence-corrected chi connectivity index (χ4v) is 0.911. The Hall–Kier alpha value is 0.129. The molecule has 1 rings (SSSR count). The first-order valence-electron chi connectivity index (χ1n) is 3.95. The summed E-state index contributed by atoms with van der Waals surface area (Å²) in [4.78, 5) is 7.42. The normalized spacial score (nSPS) is 11.1. The zero-order valence-electron chi connectivity index (χ0n) is 8.11. The van der Waals surface area contributed by atoms with Crippen molar-refractivity contribution < 1.29 is 8.76 Å². The minimum atomic E-state index is -2.08. The Morgan fingerprint density at radius 3 is 1.77 bits per heavy atom. The van der Waals surface area contributed by atoms with E-state index in [1.165, 1.54) is 0 Å². The number of hydrogen-bond donors (Lipinski definition) is 0. The third-order valence-corrected chi connectivity index (χ3v) is 1.59. The van der Waals surface area contributed by atoms with Crippen molar-refractivity contribution in [1.29, 1.82) is 0 Å². The Bertz CT molecular complexity index is 246. The molecule has 2 nitrogen and oxygen atoms in total. The van der Waals surface area contributed by atoms with E-state index in [0.29, 0.717) is 4.90 Å². The topological polar surface area (TPSA) is 40.1 Å². The van der Waals surface area contributed by atoms with Crippen LogP contribution in [0.15, 0.2) is 35.2 Å². The molecule has 0 aliphatic rings. The first-order valence-corrected chi connectivity index (χ1v) is 13.6. The standard InChI is InChI=1S/C6H6O2S.3CH3.Sn/c7-9(8)6-4-2-1-3-5-6;;;;/h1-5H,(H,7,8);3*1H3;/q;;;;+1/p-1. The van der Waals surface area contributed by atoms with Gasteiger partial charge >= 0.3 is 34.6 Å². The van der Waals surface area contributed by atoms with Gasteiger partial charge in [-0.1, -0.05) is 18.2 Å². The first kappa shape index (κ1) is 13.1. The predicted molar refractivity (Wildman–Crippen MR) is 57.0 cm³/mol. The number of benzene rings is 1. The Kier molecular flexibility index (Phi) is 7.60. The maximum atomic E-state index is 10.2. The molecule has 0 N–H and O–H groups in total. The van der Waals surface area contributed by atoms with Crippen LogP contribution in [0.1, 0.15) is 0 Å². The molecule has 72 valence electrons. The molecule has 0 amide bonds. The molecule has 1 unspecified atom stereocenters. The van der Waals surface area contributed by atoms with Gasteiger partial charge in [-0.15, -0.1) is 0 Å². The quantitative estimate of drug-likeness (QED) is 0.590. The van der Waals surface area contributed by atoms with Crippen LogP contribution in [0.5, 0.6) is 0 Å². The molecular weight excluding hydrogens is 291 g/mol. The van der Waals surface area contributed by atoms with Crippen molar-refractivity contribution in [2.24, 2.45) is 0 Å². The van der Waals surface area contributed by atoms with E-state index in [9.17, 15) is 8.76 Å². The molecule has 0 heterocycles. The molecule has 0 spiro atoms. The third-order valence-electron chi connectivity index (χ3n) is 0.936. The van der Waals surface area contributed by atoms with Crippen molar-refractivity contribution in [1.82, 2.24) is 0 Å². The molecular formula is C9H14O2SSn. The van der Waals surface area contributed by atoms with E-state index in [0.717, 1.165) is 0 Å². The first-order chi connectivity index (χ1) is 6.04. The summed E-state index contributed by atoms with van der Waals surface area (Å²) in [5.74, 6) is 0. The van der Waals surface area contributed by atoms with Gasteiger partial charge in [-0.25, -0.2) is 0 Å². The number of hydrogen-bond acceptors (Lipinski definition) is 2. The summed E-state index contributed by atoms with van der Waals surface area (Å²) < 4.78 is 20.4. The maximum absolute atomic E-state index is 10.2. The fraction of sp³-hybridized carbons (Fsp3) is 0.333. The van der Waals surface area contributed by atoms with Crippen molar-refractivity contribution in [3.05, 3.63) is 30.3 Å². The molecule has 1 atom stereocenters. The van der Waals surface area contributed by atoms with Crippen LogP contribution in [0, 0.1) is 0 Å². The molecule has 0 fully saturated rings. The molecule has 0 saturated heterocycles. The summed E-state index contributed by atoms with van der Waals surface area (Å²) >= 11 is -2.62. The summed E-state index contributed by atoms with van der Waals surface area (Å²) in [5.41, 5.74) is 0. The van der Waals surface area contributed by atoms with Crippen molar-refractivity contribution in [3.63, 3.8) is 0 Å². The Labute approximate surface area is 89.4 Å². The average Bonchev–Trinajstić information content (AvgIpc) is 2.05. The van der Waals surface area contributed by atoms with Crippen molar-refractivity contribution in [2.75, 3.05) is 0 Å². The van der Waals surface area contributed by atoms with Gasteiger partial charge in [-0.3, -0.25) is 4.21 Å². The van der Waals surface area contributed by atoms with Crippen molar-refractivity contribution >= 4 is 30.8 Å². The van der Waals surface area contributed by atoms with E-state index in [-0.39, 0.29) is 0 Å². The summed E-state index contributed by atoms with van der Waals surface area (Å²) in [6.07, 6.45) is 0. The van der Waals surface area contributed by atoms with Crippen LogP contribution in [0.3, 0.4) is 0 Å². The number of rotatable bonds is 1. The molecule has 0 aliphatic carbocycles. The van der Waals surface area contributed by atoms with Crippen LogP contribution in [0.4, 0.5) is 0 Å². The second-order valence-corrected chi connectivity index (χ2v) is 12.6. The second kappa shape index (κ2) is 7.52. The van der Waals surface area contributed by atoms with Gasteiger partial charge in [0.25, 0.3) is 0 Å². The van der Waals surface area contributed by atoms with Gasteiger partial charge in [0.05, 0.1) is 0 Å². The van der Waals surface area contributed by atoms with Crippen LogP contribution >= 0.6 is 0 Å². The minimum absolute atomic E-state index is 0.331. The second-order valence-electron chi connectivity index (χ2n) is 3.05. The molecule has 0 saturated carbocycles. The third kappa shape index (κ3) is 8.46. The van der Waals surface area contributed by atoms with Gasteiger partial charge in [-0.05, 0) is 23.2 Å². The van der Waals surface area contributed by atoms with Crippen LogP contribution in [-0.4, -0.2) is 28.5 Å². The summed E-state index contributed by atoms with van der Waals surface area (Å²) in [6.45, 7) is 0. The Balaban J connectivity index is 0.000000310. The molecule has 4 heteroatoms. The summed E-state index contributed by atoms with van der Waals surface area (Å²) in [6, 6.07) is 8.23. The van der Waals surface area contributed by atoms with E-state index in [2.05, 4.69) is 14.8 Å². The zero-order chi connectivity index (χ0) is 10.3. The van der Waals surface area contributed by atoms with Crippen LogP contribution in [-0.2, 0) is 11.1 Å². The van der Waals surface area contributed by atoms with Gasteiger partial charge < -0.3 is 4.55 Å². The van der Waals surface area contributed by atoms with Gasteiger partial charge in [0.15, 0.2) is 0 Å². The van der Waals surface area contributed by atoms with Crippen LogP contribution in [0.25, 0.3) is 0 Å². The Morgan fingerprint density at radius 2 is 1.54 bits per heavy atom. The van der Waals surface area contributed by atoms with E-state index in [4.69, 9.17) is 0 Å². The molecule has 0 bridgehead atoms. The van der Waals surface area contributed by atoms with Gasteiger partial charge in [0, 0.05) is 4.90 Å². The molecule has 0 aromatic heterocycles. The van der Waals surface area contributed by atoms with E-state index in [1.54, 1.807) is 30.3 Å². The van der Waals surface area contributed by atoms with Gasteiger partial charge in [0.2, 0.25) is 0 Å². The van der Waals surface area contributed by atoms with E-state index < -0.39 is 30.8 Å². The van der Waals surface area contributed by atoms with E-state index in [1.807, 2.05) is 0 Å². The molecule has 0 radical (unpaired) electrons. The fourth-order valence-electron chi connectivity index (χ4n) is 0.532. The van der Waals surface area contributed by atoms with Gasteiger partial charge in [0.1, 0.15) is 0 Å². The van der Waals surface area contributed by atoms with E-state index >= 15 is 0 Å². The SMILES string of the molecule is O=S([O-])c1ccccc1.[CH3][Sn+]([CH3])[CH3]. The van der Waals surface area contributed by atoms with Crippen molar-refractivity contribution in [3.8, 4) is 0 Å². The average molecular weight is 305 g/mol. The zero-order valence-corrected chi connectivity index (χ0v) is 11.8. The van der Waals surface area contributed by atoms with Crippen LogP contribution in [0.2, 0.25) is 14.8 Å². The predicted octanol–water partition coefficient (Wildman–Crippen LogP) is 2.30. The molecule has 1 aromatic carbocycles. The molecule has 1 aromatic rings. The molecule has 0 aliphatic heterocycles.